The van der Waals surface area contributed by atoms with Crippen molar-refractivity contribution < 1.29 is 14.1 Å². The Hall–Kier alpha value is -2.99. The van der Waals surface area contributed by atoms with Crippen molar-refractivity contribution in [3.05, 3.63) is 65.5 Å². The summed E-state index contributed by atoms with van der Waals surface area (Å²) in [7, 11) is 0. The molecular formula is C18H15N3O3. The number of anilines is 1. The number of hydrogen-bond donors (Lipinski definition) is 1. The highest BCUT2D eigenvalue weighted by Gasteiger charge is 2.19. The second kappa shape index (κ2) is 6.25. The van der Waals surface area contributed by atoms with Crippen molar-refractivity contribution >= 4 is 11.6 Å². The first-order chi connectivity index (χ1) is 11.8. The number of nitrogens with zero attached hydrogens (tertiary/aromatic N) is 2. The SMILES string of the molecule is O=C1Cc2ccc(-c3noc(COCc4ccccc4)n3)cc2N1. The van der Waals surface area contributed by atoms with Gasteiger partial charge in [0, 0.05) is 11.3 Å². The molecule has 1 aromatic heterocycles. The zero-order valence-electron chi connectivity index (χ0n) is 12.9. The smallest absolute Gasteiger partial charge is 0.252 e. The predicted molar refractivity (Wildman–Crippen MR) is 87.0 cm³/mol. The van der Waals surface area contributed by atoms with Gasteiger partial charge in [-0.15, -0.1) is 0 Å². The molecule has 0 radical (unpaired) electrons. The van der Waals surface area contributed by atoms with E-state index in [0.717, 1.165) is 22.4 Å². The van der Waals surface area contributed by atoms with Crippen molar-refractivity contribution in [3.8, 4) is 11.4 Å². The molecule has 2 heterocycles. The average molecular weight is 321 g/mol. The minimum atomic E-state index is 0.00487. The number of carbonyl (C=O) groups excluding carboxylic acids is 1. The maximum absolute atomic E-state index is 11.4. The van der Waals surface area contributed by atoms with Gasteiger partial charge in [0.25, 0.3) is 5.89 Å². The molecular weight excluding hydrogens is 306 g/mol. The molecule has 4 rings (SSSR count). The van der Waals surface area contributed by atoms with Crippen LogP contribution >= 0.6 is 0 Å². The third-order valence-corrected chi connectivity index (χ3v) is 3.80. The third kappa shape index (κ3) is 3.04. The second-order valence-electron chi connectivity index (χ2n) is 5.59. The normalized spacial score (nSPS) is 12.9. The lowest BCUT2D eigenvalue weighted by Crippen LogP contribution is -2.03. The highest BCUT2D eigenvalue weighted by Crippen LogP contribution is 2.28. The number of carbonyl (C=O) groups is 1. The fourth-order valence-corrected chi connectivity index (χ4v) is 2.61. The summed E-state index contributed by atoms with van der Waals surface area (Å²) in [5.74, 6) is 0.910. The molecule has 0 bridgehead atoms. The highest BCUT2D eigenvalue weighted by molar-refractivity contribution is 5.99. The van der Waals surface area contributed by atoms with Gasteiger partial charge in [0.2, 0.25) is 11.7 Å². The van der Waals surface area contributed by atoms with E-state index in [-0.39, 0.29) is 12.5 Å². The predicted octanol–water partition coefficient (Wildman–Crippen LogP) is 2.95. The van der Waals surface area contributed by atoms with Crippen LogP contribution in [0.4, 0.5) is 5.69 Å². The van der Waals surface area contributed by atoms with Crippen molar-refractivity contribution in [1.29, 1.82) is 0 Å². The van der Waals surface area contributed by atoms with E-state index in [1.165, 1.54) is 0 Å². The van der Waals surface area contributed by atoms with Crippen LogP contribution < -0.4 is 5.32 Å². The van der Waals surface area contributed by atoms with E-state index in [1.54, 1.807) is 0 Å². The van der Waals surface area contributed by atoms with E-state index < -0.39 is 0 Å². The molecule has 0 saturated heterocycles. The van der Waals surface area contributed by atoms with Crippen LogP contribution in [-0.2, 0) is 29.2 Å². The minimum Gasteiger partial charge on any atom is -0.367 e. The van der Waals surface area contributed by atoms with E-state index >= 15 is 0 Å². The third-order valence-electron chi connectivity index (χ3n) is 3.80. The Balaban J connectivity index is 1.42. The quantitative estimate of drug-likeness (QED) is 0.782. The van der Waals surface area contributed by atoms with Crippen LogP contribution in [0.1, 0.15) is 17.0 Å². The van der Waals surface area contributed by atoms with Crippen LogP contribution in [0.25, 0.3) is 11.4 Å². The highest BCUT2D eigenvalue weighted by atomic mass is 16.5. The van der Waals surface area contributed by atoms with E-state index in [0.29, 0.717) is 24.7 Å². The molecule has 1 aliphatic heterocycles. The number of hydrogen-bond acceptors (Lipinski definition) is 5. The molecule has 120 valence electrons. The molecule has 0 unspecified atom stereocenters. The van der Waals surface area contributed by atoms with Gasteiger partial charge in [-0.2, -0.15) is 4.98 Å². The Morgan fingerprint density at radius 3 is 2.88 bits per heavy atom. The summed E-state index contributed by atoms with van der Waals surface area (Å²) in [4.78, 5) is 15.8. The van der Waals surface area contributed by atoms with Crippen LogP contribution in [0.2, 0.25) is 0 Å². The first kappa shape index (κ1) is 14.6. The number of amides is 1. The molecule has 3 aromatic rings. The van der Waals surface area contributed by atoms with E-state index in [4.69, 9.17) is 9.26 Å². The minimum absolute atomic E-state index is 0.00487. The number of fused-ring (bicyclic) bond motifs is 1. The fraction of sp³-hybridized carbons (Fsp3) is 0.167. The van der Waals surface area contributed by atoms with Crippen molar-refractivity contribution in [2.75, 3.05) is 5.32 Å². The zero-order valence-corrected chi connectivity index (χ0v) is 12.9. The van der Waals surface area contributed by atoms with Gasteiger partial charge in [0.15, 0.2) is 0 Å². The first-order valence-electron chi connectivity index (χ1n) is 7.65. The van der Waals surface area contributed by atoms with Crippen LogP contribution in [0.15, 0.2) is 53.1 Å². The van der Waals surface area contributed by atoms with Gasteiger partial charge in [-0.05, 0) is 17.2 Å². The zero-order chi connectivity index (χ0) is 16.4. The molecule has 24 heavy (non-hydrogen) atoms. The summed E-state index contributed by atoms with van der Waals surface area (Å²) < 4.78 is 10.8. The Morgan fingerprint density at radius 1 is 1.12 bits per heavy atom. The number of ether oxygens (including phenoxy) is 1. The first-order valence-corrected chi connectivity index (χ1v) is 7.65. The van der Waals surface area contributed by atoms with Crippen LogP contribution in [-0.4, -0.2) is 16.0 Å². The molecule has 0 aliphatic carbocycles. The molecule has 2 aromatic carbocycles. The number of nitrogens with one attached hydrogen (secondary N) is 1. The molecule has 6 nitrogen and oxygen atoms in total. The van der Waals surface area contributed by atoms with Crippen molar-refractivity contribution in [2.24, 2.45) is 0 Å². The summed E-state index contributed by atoms with van der Waals surface area (Å²) in [6, 6.07) is 15.6. The largest absolute Gasteiger partial charge is 0.367 e. The van der Waals surface area contributed by atoms with Crippen LogP contribution in [0.3, 0.4) is 0 Å². The monoisotopic (exact) mass is 321 g/mol. The van der Waals surface area contributed by atoms with Gasteiger partial charge in [0.05, 0.1) is 13.0 Å². The molecule has 6 heteroatoms. The lowest BCUT2D eigenvalue weighted by Gasteiger charge is -2.01. The molecule has 0 fully saturated rings. The van der Waals surface area contributed by atoms with E-state index in [9.17, 15) is 4.79 Å². The Bertz CT molecular complexity index is 874. The van der Waals surface area contributed by atoms with Crippen LogP contribution in [0, 0.1) is 0 Å². The van der Waals surface area contributed by atoms with Crippen molar-refractivity contribution in [3.63, 3.8) is 0 Å². The van der Waals surface area contributed by atoms with E-state index in [1.807, 2.05) is 48.5 Å². The molecule has 0 saturated carbocycles. The Labute approximate surface area is 138 Å². The average Bonchev–Trinajstić information content (AvgIpc) is 3.20. The summed E-state index contributed by atoms with van der Waals surface area (Å²) in [5.41, 5.74) is 3.68. The number of benzene rings is 2. The van der Waals surface area contributed by atoms with E-state index in [2.05, 4.69) is 15.5 Å². The maximum atomic E-state index is 11.4. The second-order valence-corrected chi connectivity index (χ2v) is 5.59. The van der Waals surface area contributed by atoms with Crippen molar-refractivity contribution in [2.45, 2.75) is 19.6 Å². The van der Waals surface area contributed by atoms with Gasteiger partial charge >= 0.3 is 0 Å². The molecule has 1 aliphatic rings. The summed E-state index contributed by atoms with van der Waals surface area (Å²) >= 11 is 0. The molecule has 0 atom stereocenters. The lowest BCUT2D eigenvalue weighted by atomic mass is 10.1. The van der Waals surface area contributed by atoms with Crippen molar-refractivity contribution in [1.82, 2.24) is 10.1 Å². The Morgan fingerprint density at radius 2 is 2.00 bits per heavy atom. The van der Waals surface area contributed by atoms with Gasteiger partial charge < -0.3 is 14.6 Å². The summed E-state index contributed by atoms with van der Waals surface area (Å²) in [5, 5.41) is 6.79. The lowest BCUT2D eigenvalue weighted by molar-refractivity contribution is -0.115. The van der Waals surface area contributed by atoms with Gasteiger partial charge in [-0.1, -0.05) is 47.6 Å². The summed E-state index contributed by atoms with van der Waals surface area (Å²) in [6.45, 7) is 0.743. The Kier molecular flexibility index (Phi) is 3.80. The fourth-order valence-electron chi connectivity index (χ4n) is 2.61. The van der Waals surface area contributed by atoms with Gasteiger partial charge in [0.1, 0.15) is 6.61 Å². The molecule has 1 N–H and O–H groups in total. The van der Waals surface area contributed by atoms with Crippen LogP contribution in [0.5, 0.6) is 0 Å². The molecule has 0 spiro atoms. The number of rotatable bonds is 5. The summed E-state index contributed by atoms with van der Waals surface area (Å²) in [6.07, 6.45) is 0.417. The maximum Gasteiger partial charge on any atom is 0.252 e. The van der Waals surface area contributed by atoms with Gasteiger partial charge in [-0.3, -0.25) is 4.79 Å². The van der Waals surface area contributed by atoms with Gasteiger partial charge in [-0.25, -0.2) is 0 Å². The topological polar surface area (TPSA) is 77.2 Å². The number of aromatic nitrogens is 2. The molecule has 1 amide bonds. The standard InChI is InChI=1S/C18H15N3O3/c22-16-9-13-6-7-14(8-15(13)19-16)18-20-17(24-21-18)11-23-10-12-4-2-1-3-5-12/h1-8H,9-11H2,(H,19,22).